The van der Waals surface area contributed by atoms with Gasteiger partial charge in [-0.15, -0.1) is 0 Å². The summed E-state index contributed by atoms with van der Waals surface area (Å²) in [5, 5.41) is 0. The van der Waals surface area contributed by atoms with Crippen molar-refractivity contribution in [3.05, 3.63) is 58.6 Å². The summed E-state index contributed by atoms with van der Waals surface area (Å²) in [5.74, 6) is 0.964. The minimum absolute atomic E-state index is 0.800. The third-order valence-electron chi connectivity index (χ3n) is 2.59. The smallest absolute Gasteiger partial charge is 0.111 e. The molecule has 3 rings (SSSR count). The van der Waals surface area contributed by atoms with Gasteiger partial charge in [0.25, 0.3) is 0 Å². The maximum atomic E-state index is 4.53. The van der Waals surface area contributed by atoms with Crippen LogP contribution in [0.2, 0.25) is 0 Å². The molecule has 0 aliphatic carbocycles. The number of fused-ring (bicyclic) bond motifs is 1. The Bertz CT molecular complexity index is 627. The van der Waals surface area contributed by atoms with E-state index in [4.69, 9.17) is 0 Å². The third-order valence-corrected chi connectivity index (χ3v) is 3.09. The standard InChI is InChI=1S/C13H10BrN3/c14-10-3-1-2-9(6-10)7-13-16-11-4-5-15-8-12(11)17-13/h1-6,8H,7H2,(H,16,17). The summed E-state index contributed by atoms with van der Waals surface area (Å²) in [6.07, 6.45) is 4.35. The second kappa shape index (κ2) is 4.30. The van der Waals surface area contributed by atoms with Gasteiger partial charge in [-0.25, -0.2) is 4.98 Å². The summed E-state index contributed by atoms with van der Waals surface area (Å²) in [6, 6.07) is 10.2. The van der Waals surface area contributed by atoms with Gasteiger partial charge in [-0.2, -0.15) is 0 Å². The third kappa shape index (κ3) is 2.22. The molecule has 2 heterocycles. The number of halogens is 1. The number of aromatic nitrogens is 3. The van der Waals surface area contributed by atoms with E-state index >= 15 is 0 Å². The second-order valence-corrected chi connectivity index (χ2v) is 4.80. The van der Waals surface area contributed by atoms with Gasteiger partial charge in [0, 0.05) is 17.1 Å². The number of hydrogen-bond acceptors (Lipinski definition) is 2. The van der Waals surface area contributed by atoms with Gasteiger partial charge in [-0.3, -0.25) is 4.98 Å². The molecule has 0 saturated heterocycles. The van der Waals surface area contributed by atoms with Gasteiger partial charge >= 0.3 is 0 Å². The molecule has 4 heteroatoms. The molecule has 0 unspecified atom stereocenters. The summed E-state index contributed by atoms with van der Waals surface area (Å²) in [4.78, 5) is 11.9. The van der Waals surface area contributed by atoms with Crippen molar-refractivity contribution < 1.29 is 0 Å². The summed E-state index contributed by atoms with van der Waals surface area (Å²) in [6.45, 7) is 0. The molecule has 0 aliphatic heterocycles. The highest BCUT2D eigenvalue weighted by atomic mass is 79.9. The number of H-pyrrole nitrogens is 1. The summed E-state index contributed by atoms with van der Waals surface area (Å²) in [5.41, 5.74) is 3.17. The maximum Gasteiger partial charge on any atom is 0.111 e. The first-order valence-electron chi connectivity index (χ1n) is 5.34. The van der Waals surface area contributed by atoms with E-state index in [-0.39, 0.29) is 0 Å². The van der Waals surface area contributed by atoms with Gasteiger partial charge in [0.15, 0.2) is 0 Å². The first-order valence-corrected chi connectivity index (χ1v) is 6.13. The Morgan fingerprint density at radius 2 is 2.18 bits per heavy atom. The zero-order valence-electron chi connectivity index (χ0n) is 9.02. The fraction of sp³-hybridized carbons (Fsp3) is 0.0769. The predicted molar refractivity (Wildman–Crippen MR) is 70.8 cm³/mol. The minimum atomic E-state index is 0.800. The lowest BCUT2D eigenvalue weighted by Crippen LogP contribution is -1.90. The molecule has 17 heavy (non-hydrogen) atoms. The molecule has 2 aromatic heterocycles. The number of pyridine rings is 1. The topological polar surface area (TPSA) is 41.6 Å². The lowest BCUT2D eigenvalue weighted by molar-refractivity contribution is 1.04. The molecule has 0 atom stereocenters. The van der Waals surface area contributed by atoms with Crippen LogP contribution in [0.1, 0.15) is 11.4 Å². The van der Waals surface area contributed by atoms with E-state index in [1.807, 2.05) is 18.2 Å². The van der Waals surface area contributed by atoms with E-state index in [1.165, 1.54) is 5.56 Å². The molecule has 3 aromatic rings. The first-order chi connectivity index (χ1) is 8.31. The largest absolute Gasteiger partial charge is 0.340 e. The van der Waals surface area contributed by atoms with E-state index < -0.39 is 0 Å². The average molecular weight is 288 g/mol. The van der Waals surface area contributed by atoms with Gasteiger partial charge in [0.05, 0.1) is 17.2 Å². The van der Waals surface area contributed by atoms with Crippen LogP contribution < -0.4 is 0 Å². The van der Waals surface area contributed by atoms with Crippen molar-refractivity contribution in [2.75, 3.05) is 0 Å². The van der Waals surface area contributed by atoms with Crippen LogP contribution in [-0.2, 0) is 6.42 Å². The Kier molecular flexibility index (Phi) is 2.65. The Labute approximate surface area is 107 Å². The van der Waals surface area contributed by atoms with Crippen LogP contribution in [-0.4, -0.2) is 15.0 Å². The number of imidazole rings is 1. The fourth-order valence-electron chi connectivity index (χ4n) is 1.83. The zero-order valence-corrected chi connectivity index (χ0v) is 10.6. The van der Waals surface area contributed by atoms with Crippen LogP contribution in [0.15, 0.2) is 47.2 Å². The van der Waals surface area contributed by atoms with Gasteiger partial charge in [0.2, 0.25) is 0 Å². The first kappa shape index (κ1) is 10.5. The SMILES string of the molecule is Brc1cccc(Cc2nc3ccncc3[nH]2)c1. The van der Waals surface area contributed by atoms with E-state index in [0.29, 0.717) is 0 Å². The summed E-state index contributed by atoms with van der Waals surface area (Å²) in [7, 11) is 0. The molecule has 1 aromatic carbocycles. The molecule has 0 bridgehead atoms. The number of rotatable bonds is 2. The number of benzene rings is 1. The number of nitrogens with zero attached hydrogens (tertiary/aromatic N) is 2. The van der Waals surface area contributed by atoms with Gasteiger partial charge in [-0.05, 0) is 23.8 Å². The Morgan fingerprint density at radius 1 is 1.24 bits per heavy atom. The Morgan fingerprint density at radius 3 is 3.00 bits per heavy atom. The Hall–Kier alpha value is -1.68. The fourth-order valence-corrected chi connectivity index (χ4v) is 2.28. The van der Waals surface area contributed by atoms with Crippen LogP contribution >= 0.6 is 15.9 Å². The van der Waals surface area contributed by atoms with Crippen molar-refractivity contribution in [3.8, 4) is 0 Å². The summed E-state index contributed by atoms with van der Waals surface area (Å²) < 4.78 is 1.09. The number of nitrogens with one attached hydrogen (secondary N) is 1. The molecular formula is C13H10BrN3. The van der Waals surface area contributed by atoms with Crippen molar-refractivity contribution in [3.63, 3.8) is 0 Å². The van der Waals surface area contributed by atoms with Gasteiger partial charge < -0.3 is 4.98 Å². The molecule has 0 saturated carbocycles. The highest BCUT2D eigenvalue weighted by Gasteiger charge is 2.03. The van der Waals surface area contributed by atoms with Crippen molar-refractivity contribution in [2.45, 2.75) is 6.42 Å². The highest BCUT2D eigenvalue weighted by Crippen LogP contribution is 2.16. The predicted octanol–water partition coefficient (Wildman–Crippen LogP) is 3.31. The molecule has 0 spiro atoms. The molecule has 0 radical (unpaired) electrons. The van der Waals surface area contributed by atoms with E-state index in [9.17, 15) is 0 Å². The molecule has 0 amide bonds. The van der Waals surface area contributed by atoms with Crippen molar-refractivity contribution in [1.29, 1.82) is 0 Å². The van der Waals surface area contributed by atoms with Gasteiger partial charge in [-0.1, -0.05) is 28.1 Å². The molecule has 84 valence electrons. The van der Waals surface area contributed by atoms with Crippen molar-refractivity contribution in [2.24, 2.45) is 0 Å². The highest BCUT2D eigenvalue weighted by molar-refractivity contribution is 9.10. The number of hydrogen-bond donors (Lipinski definition) is 1. The lowest BCUT2D eigenvalue weighted by atomic mass is 10.1. The van der Waals surface area contributed by atoms with E-state index in [2.05, 4.69) is 43.0 Å². The molecule has 3 nitrogen and oxygen atoms in total. The van der Waals surface area contributed by atoms with Crippen LogP contribution in [0.25, 0.3) is 11.0 Å². The molecule has 0 aliphatic rings. The average Bonchev–Trinajstić information content (AvgIpc) is 2.71. The van der Waals surface area contributed by atoms with E-state index in [1.54, 1.807) is 12.4 Å². The van der Waals surface area contributed by atoms with Crippen LogP contribution in [0.5, 0.6) is 0 Å². The molecular weight excluding hydrogens is 278 g/mol. The van der Waals surface area contributed by atoms with Gasteiger partial charge in [0.1, 0.15) is 5.82 Å². The number of aromatic amines is 1. The van der Waals surface area contributed by atoms with Crippen molar-refractivity contribution >= 4 is 27.0 Å². The lowest BCUT2D eigenvalue weighted by Gasteiger charge is -1.98. The Balaban J connectivity index is 1.94. The second-order valence-electron chi connectivity index (χ2n) is 3.88. The normalized spacial score (nSPS) is 10.9. The van der Waals surface area contributed by atoms with Crippen LogP contribution in [0.4, 0.5) is 0 Å². The minimum Gasteiger partial charge on any atom is -0.340 e. The van der Waals surface area contributed by atoms with Crippen LogP contribution in [0, 0.1) is 0 Å². The van der Waals surface area contributed by atoms with Crippen molar-refractivity contribution in [1.82, 2.24) is 15.0 Å². The monoisotopic (exact) mass is 287 g/mol. The zero-order chi connectivity index (χ0) is 11.7. The quantitative estimate of drug-likeness (QED) is 0.786. The van der Waals surface area contributed by atoms with E-state index in [0.717, 1.165) is 27.8 Å². The molecule has 1 N–H and O–H groups in total. The molecule has 0 fully saturated rings. The maximum absolute atomic E-state index is 4.53. The van der Waals surface area contributed by atoms with Crippen LogP contribution in [0.3, 0.4) is 0 Å². The summed E-state index contributed by atoms with van der Waals surface area (Å²) >= 11 is 3.47.